The predicted molar refractivity (Wildman–Crippen MR) is 133 cm³/mol. The maximum Gasteiger partial charge on any atom is 0.338 e. The van der Waals surface area contributed by atoms with Crippen molar-refractivity contribution in [1.82, 2.24) is 20.0 Å². The van der Waals surface area contributed by atoms with E-state index in [-0.39, 0.29) is 5.88 Å². The van der Waals surface area contributed by atoms with Crippen LogP contribution in [0, 0.1) is 0 Å². The number of ether oxygens (including phenoxy) is 1. The van der Waals surface area contributed by atoms with E-state index in [0.717, 1.165) is 22.2 Å². The normalized spacial score (nSPS) is 11.6. The van der Waals surface area contributed by atoms with Gasteiger partial charge in [-0.05, 0) is 36.8 Å². The van der Waals surface area contributed by atoms with Crippen molar-refractivity contribution in [2.45, 2.75) is 13.5 Å². The number of carbonyl (C=O) groups excluding carboxylic acids is 1. The van der Waals surface area contributed by atoms with Crippen molar-refractivity contribution in [3.05, 3.63) is 107 Å². The lowest BCUT2D eigenvalue weighted by molar-refractivity contribution is 0.0526. The van der Waals surface area contributed by atoms with Crippen LogP contribution in [0.25, 0.3) is 10.9 Å². The summed E-state index contributed by atoms with van der Waals surface area (Å²) < 4.78 is 5.10. The van der Waals surface area contributed by atoms with Crippen LogP contribution in [0.4, 0.5) is 5.69 Å². The van der Waals surface area contributed by atoms with E-state index in [4.69, 9.17) is 9.73 Å². The Labute approximate surface area is 201 Å². The van der Waals surface area contributed by atoms with Crippen molar-refractivity contribution in [2.75, 3.05) is 6.61 Å². The molecule has 0 saturated heterocycles. The molecule has 0 aliphatic carbocycles. The number of H-pyrrole nitrogens is 1. The van der Waals surface area contributed by atoms with Gasteiger partial charge in [0, 0.05) is 16.5 Å². The van der Waals surface area contributed by atoms with Crippen LogP contribution in [0.5, 0.6) is 5.88 Å². The number of rotatable bonds is 7. The van der Waals surface area contributed by atoms with Crippen LogP contribution in [0.3, 0.4) is 0 Å². The highest BCUT2D eigenvalue weighted by Crippen LogP contribution is 2.32. The molecular formula is C27H23N5O3. The SMILES string of the molecule is CCOC(=O)c1ccc2c(C(=Nc3ccc(Cn4nccn4)cc3)c3ccccc3)c(O)[nH]c2c1. The molecule has 0 atom stereocenters. The number of nitrogens with zero attached hydrogens (tertiary/aromatic N) is 4. The molecule has 0 saturated carbocycles. The van der Waals surface area contributed by atoms with Gasteiger partial charge in [-0.2, -0.15) is 15.0 Å². The van der Waals surface area contributed by atoms with Crippen LogP contribution in [-0.4, -0.2) is 43.4 Å². The Morgan fingerprint density at radius 1 is 1.00 bits per heavy atom. The first-order chi connectivity index (χ1) is 17.1. The topological polar surface area (TPSA) is 105 Å². The Hall–Kier alpha value is -4.72. The third kappa shape index (κ3) is 4.67. The fraction of sp³-hybridized carbons (Fsp3) is 0.111. The summed E-state index contributed by atoms with van der Waals surface area (Å²) >= 11 is 0. The minimum Gasteiger partial charge on any atom is -0.494 e. The second-order valence-corrected chi connectivity index (χ2v) is 7.88. The molecule has 35 heavy (non-hydrogen) atoms. The largest absolute Gasteiger partial charge is 0.494 e. The van der Waals surface area contributed by atoms with Crippen molar-refractivity contribution < 1.29 is 14.6 Å². The van der Waals surface area contributed by atoms with E-state index in [2.05, 4.69) is 15.2 Å². The van der Waals surface area contributed by atoms with E-state index < -0.39 is 5.97 Å². The van der Waals surface area contributed by atoms with Crippen molar-refractivity contribution in [2.24, 2.45) is 4.99 Å². The molecule has 5 aromatic rings. The van der Waals surface area contributed by atoms with Crippen LogP contribution in [-0.2, 0) is 11.3 Å². The van der Waals surface area contributed by atoms with E-state index in [1.54, 1.807) is 42.3 Å². The number of fused-ring (bicyclic) bond motifs is 1. The minimum atomic E-state index is -0.410. The van der Waals surface area contributed by atoms with Crippen molar-refractivity contribution >= 4 is 28.3 Å². The third-order valence-electron chi connectivity index (χ3n) is 5.54. The van der Waals surface area contributed by atoms with Crippen LogP contribution in [0.1, 0.15) is 34.0 Å². The first kappa shape index (κ1) is 22.1. The number of esters is 1. The molecular weight excluding hydrogens is 442 g/mol. The van der Waals surface area contributed by atoms with Gasteiger partial charge in [-0.25, -0.2) is 9.79 Å². The highest BCUT2D eigenvalue weighted by molar-refractivity contribution is 6.22. The summed E-state index contributed by atoms with van der Waals surface area (Å²) in [6.45, 7) is 2.62. The van der Waals surface area contributed by atoms with Gasteiger partial charge < -0.3 is 14.8 Å². The molecule has 5 rings (SSSR count). The van der Waals surface area contributed by atoms with Crippen molar-refractivity contribution in [3.63, 3.8) is 0 Å². The highest BCUT2D eigenvalue weighted by atomic mass is 16.5. The van der Waals surface area contributed by atoms with Gasteiger partial charge in [0.25, 0.3) is 0 Å². The third-order valence-corrected chi connectivity index (χ3v) is 5.54. The molecule has 3 aromatic carbocycles. The number of aromatic nitrogens is 4. The number of nitrogens with one attached hydrogen (secondary N) is 1. The molecule has 0 amide bonds. The Balaban J connectivity index is 1.57. The molecule has 8 nitrogen and oxygen atoms in total. The summed E-state index contributed by atoms with van der Waals surface area (Å²) in [6.07, 6.45) is 3.29. The van der Waals surface area contributed by atoms with Gasteiger partial charge in [0.15, 0.2) is 5.88 Å². The van der Waals surface area contributed by atoms with E-state index in [1.807, 2.05) is 54.6 Å². The van der Waals surface area contributed by atoms with Gasteiger partial charge >= 0.3 is 5.97 Å². The van der Waals surface area contributed by atoms with Gasteiger partial charge in [0.1, 0.15) is 0 Å². The molecule has 174 valence electrons. The van der Waals surface area contributed by atoms with Crippen LogP contribution in [0.2, 0.25) is 0 Å². The summed E-state index contributed by atoms with van der Waals surface area (Å²) in [6, 6.07) is 22.6. The molecule has 2 N–H and O–H groups in total. The number of benzene rings is 3. The van der Waals surface area contributed by atoms with E-state index in [0.29, 0.717) is 35.5 Å². The fourth-order valence-corrected chi connectivity index (χ4v) is 3.92. The molecule has 2 heterocycles. The van der Waals surface area contributed by atoms with Gasteiger partial charge in [-0.1, -0.05) is 48.5 Å². The fourth-order valence-electron chi connectivity index (χ4n) is 3.92. The zero-order valence-electron chi connectivity index (χ0n) is 19.0. The molecule has 2 aromatic heterocycles. The number of aromatic amines is 1. The highest BCUT2D eigenvalue weighted by Gasteiger charge is 2.20. The lowest BCUT2D eigenvalue weighted by Gasteiger charge is -2.09. The lowest BCUT2D eigenvalue weighted by atomic mass is 10.00. The Kier molecular flexibility index (Phi) is 6.09. The molecule has 0 bridgehead atoms. The summed E-state index contributed by atoms with van der Waals surface area (Å²) in [5.41, 5.74) is 4.83. The number of aliphatic imine (C=N–C) groups is 1. The summed E-state index contributed by atoms with van der Waals surface area (Å²) in [4.78, 5) is 21.7. The Morgan fingerprint density at radius 2 is 1.74 bits per heavy atom. The second kappa shape index (κ2) is 9.64. The standard InChI is InChI=1S/C27H23N5O3/c1-2-35-27(34)20-10-13-22-23(16-20)31-26(33)24(22)25(19-6-4-3-5-7-19)30-21-11-8-18(9-12-21)17-32-28-14-15-29-32/h3-16,31,33H,2,17H2,1H3. The molecule has 0 fully saturated rings. The van der Waals surface area contributed by atoms with Crippen LogP contribution < -0.4 is 0 Å². The maximum atomic E-state index is 12.2. The molecule has 0 unspecified atom stereocenters. The summed E-state index contributed by atoms with van der Waals surface area (Å²) in [7, 11) is 0. The molecule has 0 radical (unpaired) electrons. The van der Waals surface area contributed by atoms with Gasteiger partial charge in [-0.15, -0.1) is 0 Å². The second-order valence-electron chi connectivity index (χ2n) is 7.88. The lowest BCUT2D eigenvalue weighted by Crippen LogP contribution is -2.05. The average Bonchev–Trinajstić information content (AvgIpc) is 3.50. The minimum absolute atomic E-state index is 0.0232. The predicted octanol–water partition coefficient (Wildman–Crippen LogP) is 4.86. The average molecular weight is 466 g/mol. The summed E-state index contributed by atoms with van der Waals surface area (Å²) in [5, 5.41) is 19.9. The van der Waals surface area contributed by atoms with E-state index in [1.165, 1.54) is 0 Å². The molecule has 0 aliphatic heterocycles. The van der Waals surface area contributed by atoms with E-state index >= 15 is 0 Å². The number of hydrogen-bond acceptors (Lipinski definition) is 6. The van der Waals surface area contributed by atoms with Crippen LogP contribution >= 0.6 is 0 Å². The quantitative estimate of drug-likeness (QED) is 0.264. The Morgan fingerprint density at radius 3 is 2.46 bits per heavy atom. The number of aromatic hydroxyl groups is 1. The van der Waals surface area contributed by atoms with Gasteiger partial charge in [-0.3, -0.25) is 0 Å². The van der Waals surface area contributed by atoms with Gasteiger partial charge in [0.05, 0.1) is 48.1 Å². The zero-order valence-corrected chi connectivity index (χ0v) is 19.0. The molecule has 0 spiro atoms. The molecule has 0 aliphatic rings. The number of hydrogen-bond donors (Lipinski definition) is 2. The summed E-state index contributed by atoms with van der Waals surface area (Å²) in [5.74, 6) is -0.433. The monoisotopic (exact) mass is 465 g/mol. The van der Waals surface area contributed by atoms with Gasteiger partial charge in [0.2, 0.25) is 0 Å². The first-order valence-corrected chi connectivity index (χ1v) is 11.2. The smallest absolute Gasteiger partial charge is 0.338 e. The molecule has 8 heteroatoms. The zero-order chi connectivity index (χ0) is 24.2. The number of carbonyl (C=O) groups is 1. The first-order valence-electron chi connectivity index (χ1n) is 11.2. The van der Waals surface area contributed by atoms with E-state index in [9.17, 15) is 9.90 Å². The Bertz CT molecular complexity index is 1490. The van der Waals surface area contributed by atoms with Crippen molar-refractivity contribution in [3.8, 4) is 5.88 Å². The van der Waals surface area contributed by atoms with Crippen molar-refractivity contribution in [1.29, 1.82) is 0 Å². The maximum absolute atomic E-state index is 12.2. The van der Waals surface area contributed by atoms with Crippen LogP contribution in [0.15, 0.2) is 90.2 Å².